The highest BCUT2D eigenvalue weighted by molar-refractivity contribution is 5.12. The van der Waals surface area contributed by atoms with E-state index < -0.39 is 11.3 Å². The van der Waals surface area contributed by atoms with Crippen LogP contribution in [0.4, 0.5) is 8.78 Å². The van der Waals surface area contributed by atoms with Crippen LogP contribution in [-0.4, -0.2) is 12.5 Å². The van der Waals surface area contributed by atoms with Crippen LogP contribution in [0.2, 0.25) is 0 Å². The van der Waals surface area contributed by atoms with Crippen LogP contribution in [0.3, 0.4) is 0 Å². The summed E-state index contributed by atoms with van der Waals surface area (Å²) in [6.45, 7) is 0.0408. The largest absolute Gasteiger partial charge is 0.329 e. The maximum atomic E-state index is 12.2. The van der Waals surface area contributed by atoms with Gasteiger partial charge >= 0.3 is 0 Å². The molecule has 56 valence electrons. The number of hydrogen-bond acceptors (Lipinski definition) is 2. The van der Waals surface area contributed by atoms with Crippen LogP contribution < -0.4 is 5.73 Å². The van der Waals surface area contributed by atoms with E-state index in [0.717, 1.165) is 0 Å². The zero-order valence-corrected chi connectivity index (χ0v) is 5.40. The van der Waals surface area contributed by atoms with E-state index in [-0.39, 0.29) is 19.4 Å². The molecule has 0 aromatic rings. The quantitative estimate of drug-likeness (QED) is 0.597. The van der Waals surface area contributed by atoms with Crippen molar-refractivity contribution in [3.63, 3.8) is 0 Å². The summed E-state index contributed by atoms with van der Waals surface area (Å²) >= 11 is 0. The third-order valence-electron chi connectivity index (χ3n) is 1.82. The van der Waals surface area contributed by atoms with Crippen molar-refractivity contribution in [3.8, 4) is 6.07 Å². The van der Waals surface area contributed by atoms with E-state index in [2.05, 4.69) is 0 Å². The highest BCUT2D eigenvalue weighted by atomic mass is 19.3. The van der Waals surface area contributed by atoms with Gasteiger partial charge in [-0.05, 0) is 0 Å². The molecule has 0 aromatic carbocycles. The first-order valence-corrected chi connectivity index (χ1v) is 3.03. The molecule has 0 amide bonds. The van der Waals surface area contributed by atoms with E-state index in [1.165, 1.54) is 0 Å². The zero-order valence-electron chi connectivity index (χ0n) is 5.40. The normalized spacial score (nSPS) is 26.6. The van der Waals surface area contributed by atoms with Gasteiger partial charge in [-0.25, -0.2) is 8.78 Å². The second kappa shape index (κ2) is 1.89. The fraction of sp³-hybridized carbons (Fsp3) is 0.833. The van der Waals surface area contributed by atoms with Crippen molar-refractivity contribution in [2.75, 3.05) is 6.54 Å². The molecule has 10 heavy (non-hydrogen) atoms. The lowest BCUT2D eigenvalue weighted by molar-refractivity contribution is -0.134. The molecule has 2 N–H and O–H groups in total. The predicted octanol–water partition coefficient (Wildman–Crippen LogP) is 0.884. The lowest BCUT2D eigenvalue weighted by Crippen LogP contribution is -2.49. The molecule has 0 aliphatic heterocycles. The molecule has 0 atom stereocenters. The molecular formula is C6H8F2N2. The number of alkyl halides is 2. The van der Waals surface area contributed by atoms with E-state index in [0.29, 0.717) is 0 Å². The summed E-state index contributed by atoms with van der Waals surface area (Å²) in [4.78, 5) is 0. The number of rotatable bonds is 1. The van der Waals surface area contributed by atoms with Crippen molar-refractivity contribution >= 4 is 0 Å². The summed E-state index contributed by atoms with van der Waals surface area (Å²) in [5.74, 6) is -2.64. The third-order valence-corrected chi connectivity index (χ3v) is 1.82. The second-order valence-corrected chi connectivity index (χ2v) is 2.81. The smallest absolute Gasteiger partial charge is 0.251 e. The van der Waals surface area contributed by atoms with Gasteiger partial charge in [-0.1, -0.05) is 0 Å². The maximum absolute atomic E-state index is 12.2. The maximum Gasteiger partial charge on any atom is 0.251 e. The molecule has 1 saturated carbocycles. The average molecular weight is 146 g/mol. The van der Waals surface area contributed by atoms with Crippen LogP contribution in [-0.2, 0) is 0 Å². The molecule has 0 saturated heterocycles. The Labute approximate surface area is 57.6 Å². The van der Waals surface area contributed by atoms with Gasteiger partial charge in [0.1, 0.15) is 0 Å². The van der Waals surface area contributed by atoms with Crippen LogP contribution in [0.5, 0.6) is 0 Å². The van der Waals surface area contributed by atoms with Crippen molar-refractivity contribution in [2.45, 2.75) is 18.8 Å². The first-order valence-electron chi connectivity index (χ1n) is 3.03. The SMILES string of the molecule is N#CC1(CN)CC(F)(F)C1. The molecule has 0 unspecified atom stereocenters. The monoisotopic (exact) mass is 146 g/mol. The minimum atomic E-state index is -2.64. The summed E-state index contributed by atoms with van der Waals surface area (Å²) < 4.78 is 24.4. The van der Waals surface area contributed by atoms with Gasteiger partial charge in [0.15, 0.2) is 0 Å². The highest BCUT2D eigenvalue weighted by Crippen LogP contribution is 2.50. The molecule has 0 spiro atoms. The molecule has 0 aromatic heterocycles. The van der Waals surface area contributed by atoms with Crippen molar-refractivity contribution < 1.29 is 8.78 Å². The Morgan fingerprint density at radius 1 is 1.50 bits per heavy atom. The van der Waals surface area contributed by atoms with Crippen LogP contribution >= 0.6 is 0 Å². The van der Waals surface area contributed by atoms with Crippen molar-refractivity contribution in [3.05, 3.63) is 0 Å². The molecule has 4 heteroatoms. The Morgan fingerprint density at radius 3 is 2.10 bits per heavy atom. The Morgan fingerprint density at radius 2 is 2.00 bits per heavy atom. The molecule has 0 bridgehead atoms. The van der Waals surface area contributed by atoms with Gasteiger partial charge in [0, 0.05) is 19.4 Å². The number of nitriles is 1. The Kier molecular flexibility index (Phi) is 1.41. The number of hydrogen-bond donors (Lipinski definition) is 1. The summed E-state index contributed by atoms with van der Waals surface area (Å²) in [6, 6.07) is 1.82. The Bertz CT molecular complexity index is 175. The zero-order chi connectivity index (χ0) is 7.83. The topological polar surface area (TPSA) is 49.8 Å². The van der Waals surface area contributed by atoms with E-state index >= 15 is 0 Å². The summed E-state index contributed by atoms with van der Waals surface area (Å²) in [5, 5.41) is 8.41. The first-order chi connectivity index (χ1) is 4.54. The van der Waals surface area contributed by atoms with E-state index in [1.807, 2.05) is 6.07 Å². The second-order valence-electron chi connectivity index (χ2n) is 2.81. The van der Waals surface area contributed by atoms with Gasteiger partial charge in [-0.2, -0.15) is 5.26 Å². The van der Waals surface area contributed by atoms with Crippen LogP contribution in [0.1, 0.15) is 12.8 Å². The predicted molar refractivity (Wildman–Crippen MR) is 31.3 cm³/mol. The number of halogens is 2. The van der Waals surface area contributed by atoms with Crippen molar-refractivity contribution in [2.24, 2.45) is 11.1 Å². The first kappa shape index (κ1) is 7.42. The van der Waals surface area contributed by atoms with Gasteiger partial charge in [-0.3, -0.25) is 0 Å². The van der Waals surface area contributed by atoms with E-state index in [4.69, 9.17) is 11.0 Å². The Balaban J connectivity index is 2.57. The number of nitrogens with two attached hydrogens (primary N) is 1. The van der Waals surface area contributed by atoms with E-state index in [1.54, 1.807) is 0 Å². The van der Waals surface area contributed by atoms with Crippen molar-refractivity contribution in [1.82, 2.24) is 0 Å². The summed E-state index contributed by atoms with van der Waals surface area (Å²) in [6.07, 6.45) is -0.736. The van der Waals surface area contributed by atoms with Crippen LogP contribution in [0.15, 0.2) is 0 Å². The van der Waals surface area contributed by atoms with Crippen molar-refractivity contribution in [1.29, 1.82) is 5.26 Å². The lowest BCUT2D eigenvalue weighted by atomic mass is 9.67. The standard InChI is InChI=1S/C6H8F2N2/c7-6(8)1-5(2-6,3-9)4-10/h1-3,9H2. The third kappa shape index (κ3) is 0.971. The fourth-order valence-corrected chi connectivity index (χ4v) is 1.21. The molecule has 0 radical (unpaired) electrons. The van der Waals surface area contributed by atoms with Gasteiger partial charge in [0.25, 0.3) is 5.92 Å². The Hall–Kier alpha value is -0.690. The summed E-state index contributed by atoms with van der Waals surface area (Å²) in [7, 11) is 0. The molecule has 1 aliphatic carbocycles. The molecule has 1 aliphatic rings. The fourth-order valence-electron chi connectivity index (χ4n) is 1.21. The minimum absolute atomic E-state index is 0.0408. The van der Waals surface area contributed by atoms with Crippen LogP contribution in [0.25, 0.3) is 0 Å². The molecule has 2 nitrogen and oxygen atoms in total. The van der Waals surface area contributed by atoms with Gasteiger partial charge < -0.3 is 5.73 Å². The van der Waals surface area contributed by atoms with Gasteiger partial charge in [0.05, 0.1) is 11.5 Å². The highest BCUT2D eigenvalue weighted by Gasteiger charge is 2.56. The summed E-state index contributed by atoms with van der Waals surface area (Å²) in [5.41, 5.74) is 4.22. The molecule has 1 rings (SSSR count). The average Bonchev–Trinajstić information content (AvgIpc) is 1.82. The minimum Gasteiger partial charge on any atom is -0.329 e. The molecule has 0 heterocycles. The van der Waals surface area contributed by atoms with E-state index in [9.17, 15) is 8.78 Å². The molecule has 1 fully saturated rings. The molecular weight excluding hydrogens is 138 g/mol. The van der Waals surface area contributed by atoms with Crippen LogP contribution in [0, 0.1) is 16.7 Å². The lowest BCUT2D eigenvalue weighted by Gasteiger charge is -2.41. The van der Waals surface area contributed by atoms with Gasteiger partial charge in [0.2, 0.25) is 0 Å². The van der Waals surface area contributed by atoms with Gasteiger partial charge in [-0.15, -0.1) is 0 Å². The number of nitrogens with zero attached hydrogens (tertiary/aromatic N) is 1.